The Bertz CT molecular complexity index is 509. The summed E-state index contributed by atoms with van der Waals surface area (Å²) in [6.45, 7) is -0.00348. The van der Waals surface area contributed by atoms with Crippen molar-refractivity contribution in [1.82, 2.24) is 0 Å². The summed E-state index contributed by atoms with van der Waals surface area (Å²) in [5, 5.41) is 14.3. The number of benzene rings is 2. The van der Waals surface area contributed by atoms with Crippen molar-refractivity contribution in [3.8, 4) is 0 Å². The molecule has 0 aliphatic carbocycles. The van der Waals surface area contributed by atoms with Crippen LogP contribution in [0.25, 0.3) is 0 Å². The zero-order chi connectivity index (χ0) is 12.8. The summed E-state index contributed by atoms with van der Waals surface area (Å²) in [7, 11) is 0. The third-order valence-corrected chi connectivity index (χ3v) is 2.43. The molecule has 0 aliphatic heterocycles. The van der Waals surface area contributed by atoms with Crippen molar-refractivity contribution in [2.45, 2.75) is 6.61 Å². The minimum atomic E-state index is -0.294. The van der Waals surface area contributed by atoms with Crippen LogP contribution < -0.4 is 10.6 Å². The highest BCUT2D eigenvalue weighted by Crippen LogP contribution is 2.11. The topological polar surface area (TPSA) is 61.4 Å². The smallest absolute Gasteiger partial charge is 0.323 e. The van der Waals surface area contributed by atoms with Crippen molar-refractivity contribution in [3.63, 3.8) is 0 Å². The Hall–Kier alpha value is -2.33. The van der Waals surface area contributed by atoms with Gasteiger partial charge in [-0.2, -0.15) is 0 Å². The van der Waals surface area contributed by atoms with E-state index in [1.54, 1.807) is 24.3 Å². The molecule has 2 aromatic rings. The quantitative estimate of drug-likeness (QED) is 0.775. The first-order valence-electron chi connectivity index (χ1n) is 5.61. The van der Waals surface area contributed by atoms with Gasteiger partial charge in [0.25, 0.3) is 0 Å². The monoisotopic (exact) mass is 242 g/mol. The summed E-state index contributed by atoms with van der Waals surface area (Å²) >= 11 is 0. The largest absolute Gasteiger partial charge is 0.392 e. The first-order valence-corrected chi connectivity index (χ1v) is 5.61. The second kappa shape index (κ2) is 5.84. The van der Waals surface area contributed by atoms with Crippen molar-refractivity contribution in [2.24, 2.45) is 0 Å². The number of aliphatic hydroxyl groups excluding tert-OH is 1. The summed E-state index contributed by atoms with van der Waals surface area (Å²) < 4.78 is 0. The van der Waals surface area contributed by atoms with Crippen molar-refractivity contribution >= 4 is 17.4 Å². The number of carbonyl (C=O) groups excluding carboxylic acids is 1. The lowest BCUT2D eigenvalue weighted by molar-refractivity contribution is 0.262. The molecular weight excluding hydrogens is 228 g/mol. The van der Waals surface area contributed by atoms with E-state index in [0.29, 0.717) is 5.69 Å². The van der Waals surface area contributed by atoms with Gasteiger partial charge in [-0.25, -0.2) is 4.79 Å². The highest BCUT2D eigenvalue weighted by Gasteiger charge is 2.01. The molecule has 0 saturated heterocycles. The minimum Gasteiger partial charge on any atom is -0.392 e. The number of amides is 2. The first kappa shape index (κ1) is 12.1. The zero-order valence-electron chi connectivity index (χ0n) is 9.76. The highest BCUT2D eigenvalue weighted by atomic mass is 16.3. The van der Waals surface area contributed by atoms with Crippen molar-refractivity contribution in [3.05, 3.63) is 60.2 Å². The van der Waals surface area contributed by atoms with E-state index in [0.717, 1.165) is 11.3 Å². The Balaban J connectivity index is 1.94. The van der Waals surface area contributed by atoms with Crippen LogP contribution in [0.3, 0.4) is 0 Å². The molecule has 3 N–H and O–H groups in total. The fourth-order valence-electron chi connectivity index (χ4n) is 1.51. The molecule has 0 radical (unpaired) electrons. The molecule has 18 heavy (non-hydrogen) atoms. The van der Waals surface area contributed by atoms with Crippen molar-refractivity contribution in [2.75, 3.05) is 10.6 Å². The van der Waals surface area contributed by atoms with E-state index in [-0.39, 0.29) is 12.6 Å². The molecule has 0 fully saturated rings. The lowest BCUT2D eigenvalue weighted by Gasteiger charge is -2.07. The molecule has 4 heteroatoms. The molecule has 0 spiro atoms. The number of hydrogen-bond acceptors (Lipinski definition) is 2. The Kier molecular flexibility index (Phi) is 3.94. The van der Waals surface area contributed by atoms with Gasteiger partial charge in [0.2, 0.25) is 0 Å². The molecule has 2 aromatic carbocycles. The maximum atomic E-state index is 11.7. The Morgan fingerprint density at radius 2 is 1.44 bits per heavy atom. The van der Waals surface area contributed by atoms with Gasteiger partial charge in [0, 0.05) is 11.4 Å². The summed E-state index contributed by atoms with van der Waals surface area (Å²) in [6.07, 6.45) is 0. The van der Waals surface area contributed by atoms with E-state index < -0.39 is 0 Å². The van der Waals surface area contributed by atoms with Crippen LogP contribution in [0.2, 0.25) is 0 Å². The fraction of sp³-hybridized carbons (Fsp3) is 0.0714. The number of para-hydroxylation sites is 1. The van der Waals surface area contributed by atoms with E-state index in [1.807, 2.05) is 30.3 Å². The number of aliphatic hydroxyl groups is 1. The third-order valence-electron chi connectivity index (χ3n) is 2.43. The molecule has 0 heterocycles. The maximum Gasteiger partial charge on any atom is 0.323 e. The normalized spacial score (nSPS) is 9.83. The van der Waals surface area contributed by atoms with Gasteiger partial charge in [0.05, 0.1) is 6.61 Å². The predicted molar refractivity (Wildman–Crippen MR) is 71.4 cm³/mol. The molecule has 4 nitrogen and oxygen atoms in total. The Morgan fingerprint density at radius 3 is 2.00 bits per heavy atom. The van der Waals surface area contributed by atoms with E-state index in [4.69, 9.17) is 5.11 Å². The molecule has 0 atom stereocenters. The third kappa shape index (κ3) is 3.33. The van der Waals surface area contributed by atoms with Crippen molar-refractivity contribution in [1.29, 1.82) is 0 Å². The molecule has 0 aromatic heterocycles. The van der Waals surface area contributed by atoms with Crippen LogP contribution in [0.5, 0.6) is 0 Å². The van der Waals surface area contributed by atoms with Gasteiger partial charge in [0.1, 0.15) is 0 Å². The summed E-state index contributed by atoms with van der Waals surface area (Å²) in [5.41, 5.74) is 2.23. The van der Waals surface area contributed by atoms with Crippen LogP contribution in [0.1, 0.15) is 5.56 Å². The SMILES string of the molecule is O=C(Nc1ccccc1)Nc1ccc(CO)cc1. The average Bonchev–Trinajstić information content (AvgIpc) is 2.40. The van der Waals surface area contributed by atoms with Gasteiger partial charge in [-0.05, 0) is 29.8 Å². The van der Waals surface area contributed by atoms with Gasteiger partial charge in [-0.3, -0.25) is 0 Å². The lowest BCUT2D eigenvalue weighted by atomic mass is 10.2. The van der Waals surface area contributed by atoms with Crippen LogP contribution in [0, 0.1) is 0 Å². The second-order valence-electron chi connectivity index (χ2n) is 3.80. The number of urea groups is 1. The second-order valence-corrected chi connectivity index (χ2v) is 3.80. The van der Waals surface area contributed by atoms with Crippen LogP contribution in [-0.2, 0) is 6.61 Å². The number of anilines is 2. The predicted octanol–water partition coefficient (Wildman–Crippen LogP) is 2.82. The summed E-state index contributed by atoms with van der Waals surface area (Å²) in [5.74, 6) is 0. The van der Waals surface area contributed by atoms with Crippen molar-refractivity contribution < 1.29 is 9.90 Å². The standard InChI is InChI=1S/C14H14N2O2/c17-10-11-6-8-13(9-7-11)16-14(18)15-12-4-2-1-3-5-12/h1-9,17H,10H2,(H2,15,16,18). The molecule has 0 aliphatic rings. The van der Waals surface area contributed by atoms with Crippen LogP contribution in [-0.4, -0.2) is 11.1 Å². The highest BCUT2D eigenvalue weighted by molar-refractivity contribution is 5.99. The van der Waals surface area contributed by atoms with Crippen LogP contribution in [0.15, 0.2) is 54.6 Å². The van der Waals surface area contributed by atoms with E-state index in [1.165, 1.54) is 0 Å². The maximum absolute atomic E-state index is 11.7. The molecule has 2 rings (SSSR count). The van der Waals surface area contributed by atoms with Crippen LogP contribution >= 0.6 is 0 Å². The van der Waals surface area contributed by atoms with Gasteiger partial charge in [-0.1, -0.05) is 30.3 Å². The van der Waals surface area contributed by atoms with Gasteiger partial charge < -0.3 is 15.7 Å². The van der Waals surface area contributed by atoms with Gasteiger partial charge >= 0.3 is 6.03 Å². The molecule has 2 amide bonds. The molecule has 92 valence electrons. The molecule has 0 saturated carbocycles. The summed E-state index contributed by atoms with van der Waals surface area (Å²) in [4.78, 5) is 11.7. The minimum absolute atomic E-state index is 0.00348. The first-order chi connectivity index (χ1) is 8.78. The lowest BCUT2D eigenvalue weighted by Crippen LogP contribution is -2.19. The molecule has 0 bridgehead atoms. The summed E-state index contributed by atoms with van der Waals surface area (Å²) in [6, 6.07) is 15.9. The van der Waals surface area contributed by atoms with Gasteiger partial charge in [-0.15, -0.1) is 0 Å². The van der Waals surface area contributed by atoms with Gasteiger partial charge in [0.15, 0.2) is 0 Å². The fourth-order valence-corrected chi connectivity index (χ4v) is 1.51. The Labute approximate surface area is 105 Å². The zero-order valence-corrected chi connectivity index (χ0v) is 9.76. The van der Waals surface area contributed by atoms with E-state index in [2.05, 4.69) is 10.6 Å². The van der Waals surface area contributed by atoms with Crippen LogP contribution in [0.4, 0.5) is 16.2 Å². The van der Waals surface area contributed by atoms with E-state index >= 15 is 0 Å². The molecule has 0 unspecified atom stereocenters. The average molecular weight is 242 g/mol. The van der Waals surface area contributed by atoms with E-state index in [9.17, 15) is 4.79 Å². The number of nitrogens with one attached hydrogen (secondary N) is 2. The number of carbonyl (C=O) groups is 1. The Morgan fingerprint density at radius 1 is 0.889 bits per heavy atom. The number of rotatable bonds is 3. The number of hydrogen-bond donors (Lipinski definition) is 3. The molecular formula is C14H14N2O2.